The van der Waals surface area contributed by atoms with Crippen molar-refractivity contribution in [3.63, 3.8) is 0 Å². The van der Waals surface area contributed by atoms with Gasteiger partial charge in [-0.1, -0.05) is 35.3 Å². The molecule has 1 aliphatic rings. The quantitative estimate of drug-likeness (QED) is 0.587. The number of nitrogens with one attached hydrogen (secondary N) is 1. The lowest BCUT2D eigenvalue weighted by Crippen LogP contribution is -2.33. The Labute approximate surface area is 175 Å². The van der Waals surface area contributed by atoms with Crippen LogP contribution in [0.2, 0.25) is 10.0 Å². The Bertz CT molecular complexity index is 1010. The lowest BCUT2D eigenvalue weighted by atomic mass is 9.95. The highest BCUT2D eigenvalue weighted by molar-refractivity contribution is 6.42. The number of halogens is 5. The Hall–Kier alpha value is -2.19. The van der Waals surface area contributed by atoms with E-state index in [0.717, 1.165) is 10.7 Å². The summed E-state index contributed by atoms with van der Waals surface area (Å²) in [6.45, 7) is 6.66. The van der Waals surface area contributed by atoms with Gasteiger partial charge < -0.3 is 10.1 Å². The van der Waals surface area contributed by atoms with Gasteiger partial charge in [-0.05, 0) is 33.8 Å². The summed E-state index contributed by atoms with van der Waals surface area (Å²) in [5, 5.41) is 6.82. The predicted octanol–water partition coefficient (Wildman–Crippen LogP) is 5.84. The van der Waals surface area contributed by atoms with Crippen molar-refractivity contribution in [2.45, 2.75) is 45.5 Å². The minimum absolute atomic E-state index is 0.0724. The largest absolute Gasteiger partial charge is 0.456 e. The van der Waals surface area contributed by atoms with E-state index >= 15 is 0 Å². The molecule has 0 saturated heterocycles. The second-order valence-corrected chi connectivity index (χ2v) is 8.35. The van der Waals surface area contributed by atoms with Crippen molar-refractivity contribution in [3.05, 3.63) is 56.8 Å². The monoisotopic (exact) mass is 447 g/mol. The van der Waals surface area contributed by atoms with E-state index in [1.165, 1.54) is 0 Å². The van der Waals surface area contributed by atoms with Gasteiger partial charge in [-0.3, -0.25) is 0 Å². The molecular weight excluding hydrogens is 430 g/mol. The van der Waals surface area contributed by atoms with Crippen LogP contribution in [0.25, 0.3) is 0 Å². The molecule has 1 unspecified atom stereocenters. The van der Waals surface area contributed by atoms with E-state index in [4.69, 9.17) is 27.9 Å². The van der Waals surface area contributed by atoms with Crippen molar-refractivity contribution in [2.24, 2.45) is 0 Å². The van der Waals surface area contributed by atoms with Crippen LogP contribution in [0.4, 0.5) is 19.0 Å². The fourth-order valence-corrected chi connectivity index (χ4v) is 3.44. The van der Waals surface area contributed by atoms with Crippen LogP contribution in [0, 0.1) is 0 Å². The number of nitrogens with zero attached hydrogens (tertiary/aromatic N) is 2. The number of anilines is 1. The normalized spacial score (nSPS) is 17.1. The third-order valence-corrected chi connectivity index (χ3v) is 4.99. The number of esters is 1. The summed E-state index contributed by atoms with van der Waals surface area (Å²) in [6, 6.07) is 4.55. The summed E-state index contributed by atoms with van der Waals surface area (Å²) < 4.78 is 46.4. The van der Waals surface area contributed by atoms with E-state index in [1.807, 2.05) is 0 Å². The molecule has 0 amide bonds. The Morgan fingerprint density at radius 1 is 1.24 bits per heavy atom. The van der Waals surface area contributed by atoms with Crippen molar-refractivity contribution < 1.29 is 22.7 Å². The first-order chi connectivity index (χ1) is 13.3. The van der Waals surface area contributed by atoms with Gasteiger partial charge in [0.25, 0.3) is 0 Å². The minimum atomic E-state index is -4.66. The summed E-state index contributed by atoms with van der Waals surface area (Å²) in [4.78, 5) is 13.0. The Kier molecular flexibility index (Phi) is 5.38. The summed E-state index contributed by atoms with van der Waals surface area (Å²) in [7, 11) is 0. The summed E-state index contributed by atoms with van der Waals surface area (Å²) in [5.41, 5.74) is -1.15. The predicted molar refractivity (Wildman–Crippen MR) is 104 cm³/mol. The molecule has 1 aromatic heterocycles. The molecule has 0 bridgehead atoms. The maximum atomic E-state index is 13.3. The van der Waals surface area contributed by atoms with Crippen molar-refractivity contribution in [1.29, 1.82) is 0 Å². The summed E-state index contributed by atoms with van der Waals surface area (Å²) in [5.74, 6) is -0.624. The zero-order chi connectivity index (χ0) is 21.7. The van der Waals surface area contributed by atoms with Crippen LogP contribution in [0.3, 0.4) is 0 Å². The standard InChI is InChI=1S/C19H18Cl2F3N3O2/c1-9-14(17(28)29-18(2,3)4)16(10-6-5-7-11(20)15(10)21)27-13(25-9)8-12(26-27)19(22,23)24/h5-8,16,25H,1-4H3. The van der Waals surface area contributed by atoms with Crippen LogP contribution in [-0.4, -0.2) is 21.4 Å². The third-order valence-electron chi connectivity index (χ3n) is 4.16. The molecule has 3 rings (SSSR count). The van der Waals surface area contributed by atoms with Gasteiger partial charge in [0.15, 0.2) is 5.69 Å². The zero-order valence-electron chi connectivity index (χ0n) is 16.0. The molecule has 2 heterocycles. The van der Waals surface area contributed by atoms with Crippen LogP contribution in [0.5, 0.6) is 0 Å². The van der Waals surface area contributed by atoms with E-state index in [-0.39, 0.29) is 21.4 Å². The van der Waals surface area contributed by atoms with Crippen LogP contribution in [-0.2, 0) is 15.7 Å². The number of hydrogen-bond donors (Lipinski definition) is 1. The molecule has 1 atom stereocenters. The molecule has 0 radical (unpaired) electrons. The number of benzene rings is 1. The van der Waals surface area contributed by atoms with E-state index in [2.05, 4.69) is 10.4 Å². The molecule has 1 N–H and O–H groups in total. The number of ether oxygens (including phenoxy) is 1. The lowest BCUT2D eigenvalue weighted by Gasteiger charge is -2.31. The van der Waals surface area contributed by atoms with E-state index in [1.54, 1.807) is 45.9 Å². The fraction of sp³-hybridized carbons (Fsp3) is 0.368. The Balaban J connectivity index is 2.23. The first-order valence-corrected chi connectivity index (χ1v) is 9.37. The highest BCUT2D eigenvalue weighted by atomic mass is 35.5. The van der Waals surface area contributed by atoms with E-state index < -0.39 is 29.5 Å². The average molecular weight is 448 g/mol. The molecule has 0 fully saturated rings. The first-order valence-electron chi connectivity index (χ1n) is 8.61. The second-order valence-electron chi connectivity index (χ2n) is 7.57. The number of aromatic nitrogens is 2. The van der Waals surface area contributed by atoms with Gasteiger partial charge in [-0.2, -0.15) is 18.3 Å². The van der Waals surface area contributed by atoms with Crippen molar-refractivity contribution in [2.75, 3.05) is 5.32 Å². The Morgan fingerprint density at radius 2 is 1.90 bits per heavy atom. The van der Waals surface area contributed by atoms with Crippen LogP contribution >= 0.6 is 23.2 Å². The molecule has 0 aliphatic carbocycles. The maximum Gasteiger partial charge on any atom is 0.435 e. The van der Waals surface area contributed by atoms with Crippen molar-refractivity contribution >= 4 is 35.0 Å². The van der Waals surface area contributed by atoms with Gasteiger partial charge in [0, 0.05) is 17.3 Å². The number of fused-ring (bicyclic) bond motifs is 1. The van der Waals surface area contributed by atoms with Crippen LogP contribution in [0.1, 0.15) is 45.0 Å². The number of hydrogen-bond acceptors (Lipinski definition) is 4. The van der Waals surface area contributed by atoms with Gasteiger partial charge in [-0.15, -0.1) is 0 Å². The molecule has 5 nitrogen and oxygen atoms in total. The SMILES string of the molecule is CC1=C(C(=O)OC(C)(C)C)C(c2cccc(Cl)c2Cl)n2nc(C(F)(F)F)cc2N1. The van der Waals surface area contributed by atoms with E-state index in [9.17, 15) is 18.0 Å². The fourth-order valence-electron chi connectivity index (χ4n) is 3.03. The Morgan fingerprint density at radius 3 is 2.48 bits per heavy atom. The molecule has 156 valence electrons. The number of carbonyl (C=O) groups excluding carboxylic acids is 1. The van der Waals surface area contributed by atoms with Gasteiger partial charge in [0.2, 0.25) is 0 Å². The number of alkyl halides is 3. The smallest absolute Gasteiger partial charge is 0.435 e. The van der Waals surface area contributed by atoms with Crippen molar-refractivity contribution in [3.8, 4) is 0 Å². The highest BCUT2D eigenvalue weighted by Gasteiger charge is 2.41. The number of allylic oxidation sites excluding steroid dienone is 1. The summed E-state index contributed by atoms with van der Waals surface area (Å²) >= 11 is 12.5. The lowest BCUT2D eigenvalue weighted by molar-refractivity contribution is -0.150. The molecule has 1 aromatic carbocycles. The molecule has 0 saturated carbocycles. The molecule has 1 aliphatic heterocycles. The highest BCUT2D eigenvalue weighted by Crippen LogP contribution is 2.43. The van der Waals surface area contributed by atoms with Crippen molar-refractivity contribution in [1.82, 2.24) is 9.78 Å². The number of carbonyl (C=O) groups is 1. The summed E-state index contributed by atoms with van der Waals surface area (Å²) in [6.07, 6.45) is -4.66. The molecule has 29 heavy (non-hydrogen) atoms. The molecule has 0 spiro atoms. The number of rotatable bonds is 2. The first kappa shape index (κ1) is 21.5. The zero-order valence-corrected chi connectivity index (χ0v) is 17.5. The van der Waals surface area contributed by atoms with Gasteiger partial charge in [0.1, 0.15) is 17.5 Å². The third kappa shape index (κ3) is 4.23. The topological polar surface area (TPSA) is 56.2 Å². The molecular formula is C19H18Cl2F3N3O2. The van der Waals surface area contributed by atoms with Crippen LogP contribution in [0.15, 0.2) is 35.5 Å². The van der Waals surface area contributed by atoms with E-state index in [0.29, 0.717) is 11.3 Å². The van der Waals surface area contributed by atoms with Gasteiger partial charge >= 0.3 is 12.1 Å². The van der Waals surface area contributed by atoms with Gasteiger partial charge in [0.05, 0.1) is 15.6 Å². The molecule has 10 heteroatoms. The van der Waals surface area contributed by atoms with Gasteiger partial charge in [-0.25, -0.2) is 9.48 Å². The second kappa shape index (κ2) is 7.25. The van der Waals surface area contributed by atoms with Crippen LogP contribution < -0.4 is 5.32 Å². The minimum Gasteiger partial charge on any atom is -0.456 e. The molecule has 2 aromatic rings. The maximum absolute atomic E-state index is 13.3. The average Bonchev–Trinajstić information content (AvgIpc) is 2.98.